The smallest absolute Gasteiger partial charge is 0.257 e. The van der Waals surface area contributed by atoms with Crippen molar-refractivity contribution in [1.82, 2.24) is 15.0 Å². The molecule has 2 aromatic carbocycles. The molecule has 0 unspecified atom stereocenters. The van der Waals surface area contributed by atoms with E-state index in [4.69, 9.17) is 10.5 Å². The summed E-state index contributed by atoms with van der Waals surface area (Å²) in [5, 5.41) is 9.97. The predicted molar refractivity (Wildman–Crippen MR) is 134 cm³/mol. The molecular formula is C25H25N7O3. The van der Waals surface area contributed by atoms with E-state index in [1.54, 1.807) is 31.4 Å². The van der Waals surface area contributed by atoms with Crippen molar-refractivity contribution in [2.24, 2.45) is 5.73 Å². The number of rotatable bonds is 10. The van der Waals surface area contributed by atoms with Gasteiger partial charge in [-0.15, -0.1) is 0 Å². The van der Waals surface area contributed by atoms with E-state index >= 15 is 0 Å². The Labute approximate surface area is 202 Å². The van der Waals surface area contributed by atoms with Crippen molar-refractivity contribution in [3.05, 3.63) is 83.8 Å². The summed E-state index contributed by atoms with van der Waals surface area (Å²) in [5.41, 5.74) is 8.32. The molecule has 0 spiro atoms. The van der Waals surface area contributed by atoms with E-state index < -0.39 is 5.91 Å². The lowest BCUT2D eigenvalue weighted by Gasteiger charge is -2.11. The van der Waals surface area contributed by atoms with Gasteiger partial charge in [0.2, 0.25) is 0 Å². The second-order valence-electron chi connectivity index (χ2n) is 7.65. The minimum absolute atomic E-state index is 0.258. The van der Waals surface area contributed by atoms with Crippen LogP contribution in [0, 0.1) is 0 Å². The average Bonchev–Trinajstić information content (AvgIpc) is 2.87. The van der Waals surface area contributed by atoms with Crippen LogP contribution in [-0.2, 0) is 11.3 Å². The maximum absolute atomic E-state index is 12.6. The second-order valence-corrected chi connectivity index (χ2v) is 7.65. The van der Waals surface area contributed by atoms with Gasteiger partial charge >= 0.3 is 0 Å². The van der Waals surface area contributed by atoms with E-state index in [1.807, 2.05) is 30.3 Å². The first-order chi connectivity index (χ1) is 17.0. The fourth-order valence-corrected chi connectivity index (χ4v) is 3.49. The fourth-order valence-electron chi connectivity index (χ4n) is 3.49. The Hall–Kier alpha value is -4.57. The molecule has 10 heteroatoms. The number of nitrogens with zero attached hydrogens (tertiary/aromatic N) is 3. The number of fused-ring (bicyclic) bond motifs is 1. The highest BCUT2D eigenvalue weighted by Crippen LogP contribution is 2.23. The number of benzene rings is 2. The summed E-state index contributed by atoms with van der Waals surface area (Å²) in [7, 11) is 1.63. The first-order valence-corrected chi connectivity index (χ1v) is 10.9. The predicted octanol–water partition coefficient (Wildman–Crippen LogP) is 3.05. The molecule has 2 aromatic heterocycles. The number of amides is 2. The molecule has 2 amide bonds. The minimum Gasteiger partial charge on any atom is -0.383 e. The molecule has 5 N–H and O–H groups in total. The number of aromatic nitrogens is 3. The Balaban J connectivity index is 1.41. The summed E-state index contributed by atoms with van der Waals surface area (Å²) >= 11 is 0. The van der Waals surface area contributed by atoms with E-state index in [0.29, 0.717) is 59.0 Å². The highest BCUT2D eigenvalue weighted by molar-refractivity contribution is 6.07. The quantitative estimate of drug-likeness (QED) is 0.258. The third kappa shape index (κ3) is 5.87. The Kier molecular flexibility index (Phi) is 7.44. The SMILES string of the molecule is COCCNc1ccc(C(=O)Nc2cccc(CNc3ncnc4c(C(N)=O)cccc34)c2)cn1. The Morgan fingerprint density at radius 1 is 1.00 bits per heavy atom. The number of hydrogen-bond acceptors (Lipinski definition) is 8. The molecule has 0 aliphatic rings. The van der Waals surface area contributed by atoms with E-state index in [0.717, 1.165) is 5.56 Å². The number of hydrogen-bond donors (Lipinski definition) is 4. The van der Waals surface area contributed by atoms with E-state index in [2.05, 4.69) is 30.9 Å². The second kappa shape index (κ2) is 11.0. The topological polar surface area (TPSA) is 144 Å². The highest BCUT2D eigenvalue weighted by Gasteiger charge is 2.11. The summed E-state index contributed by atoms with van der Waals surface area (Å²) < 4.78 is 4.99. The molecule has 2 heterocycles. The molecule has 0 saturated carbocycles. The van der Waals surface area contributed by atoms with Crippen LogP contribution < -0.4 is 21.7 Å². The molecule has 0 radical (unpaired) electrons. The molecule has 4 aromatic rings. The van der Waals surface area contributed by atoms with E-state index in [-0.39, 0.29) is 5.91 Å². The molecule has 0 bridgehead atoms. The number of anilines is 3. The van der Waals surface area contributed by atoms with E-state index in [1.165, 1.54) is 12.5 Å². The zero-order chi connectivity index (χ0) is 24.6. The van der Waals surface area contributed by atoms with Crippen LogP contribution in [0.1, 0.15) is 26.3 Å². The molecule has 178 valence electrons. The van der Waals surface area contributed by atoms with Gasteiger partial charge in [-0.2, -0.15) is 0 Å². The van der Waals surface area contributed by atoms with Crippen molar-refractivity contribution in [3.8, 4) is 0 Å². The van der Waals surface area contributed by atoms with Gasteiger partial charge in [0, 0.05) is 37.5 Å². The van der Waals surface area contributed by atoms with Gasteiger partial charge in [-0.25, -0.2) is 15.0 Å². The third-order valence-electron chi connectivity index (χ3n) is 5.21. The number of methoxy groups -OCH3 is 1. The first-order valence-electron chi connectivity index (χ1n) is 10.9. The van der Waals surface area contributed by atoms with Gasteiger partial charge in [-0.05, 0) is 42.0 Å². The summed E-state index contributed by atoms with van der Waals surface area (Å²) in [6, 6.07) is 16.1. The van der Waals surface area contributed by atoms with Crippen molar-refractivity contribution < 1.29 is 14.3 Å². The fraction of sp³-hybridized carbons (Fsp3) is 0.160. The van der Waals surface area contributed by atoms with Crippen LogP contribution in [0.4, 0.5) is 17.3 Å². The lowest BCUT2D eigenvalue weighted by molar-refractivity contribution is 0.0998. The number of nitrogens with one attached hydrogen (secondary N) is 3. The number of pyridine rings is 1. The van der Waals surface area contributed by atoms with Crippen molar-refractivity contribution >= 4 is 40.0 Å². The third-order valence-corrected chi connectivity index (χ3v) is 5.21. The monoisotopic (exact) mass is 471 g/mol. The molecular weight excluding hydrogens is 446 g/mol. The Morgan fingerprint density at radius 2 is 1.86 bits per heavy atom. The summed E-state index contributed by atoms with van der Waals surface area (Å²) in [5.74, 6) is 0.451. The summed E-state index contributed by atoms with van der Waals surface area (Å²) in [6.45, 7) is 1.64. The molecule has 35 heavy (non-hydrogen) atoms. The van der Waals surface area contributed by atoms with E-state index in [9.17, 15) is 9.59 Å². The largest absolute Gasteiger partial charge is 0.383 e. The molecule has 0 aliphatic carbocycles. The Morgan fingerprint density at radius 3 is 2.63 bits per heavy atom. The van der Waals surface area contributed by atoms with Crippen LogP contribution in [0.15, 0.2) is 67.1 Å². The zero-order valence-electron chi connectivity index (χ0n) is 19.1. The molecule has 4 rings (SSSR count). The molecule has 0 atom stereocenters. The standard InChI is InChI=1S/C25H25N7O3/c1-35-11-10-27-21-9-8-17(14-28-21)25(34)32-18-5-2-4-16(12-18)13-29-24-20-7-3-6-19(23(26)33)22(20)30-15-31-24/h2-9,12,14-15H,10-11,13H2,1H3,(H2,26,33)(H,27,28)(H,32,34)(H,29,30,31). The highest BCUT2D eigenvalue weighted by atomic mass is 16.5. The maximum Gasteiger partial charge on any atom is 0.257 e. The Bertz CT molecular complexity index is 1340. The molecule has 0 fully saturated rings. The van der Waals surface area contributed by atoms with Crippen molar-refractivity contribution in [2.75, 3.05) is 36.2 Å². The number of carbonyl (C=O) groups excluding carboxylic acids is 2. The minimum atomic E-state index is -0.545. The number of para-hydroxylation sites is 1. The number of carbonyl (C=O) groups is 2. The number of ether oxygens (including phenoxy) is 1. The van der Waals surface area contributed by atoms with Gasteiger partial charge < -0.3 is 26.4 Å². The summed E-state index contributed by atoms with van der Waals surface area (Å²) in [4.78, 5) is 37.1. The average molecular weight is 472 g/mol. The number of primary amides is 1. The van der Waals surface area contributed by atoms with Gasteiger partial charge in [-0.3, -0.25) is 9.59 Å². The normalized spacial score (nSPS) is 10.7. The van der Waals surface area contributed by atoms with Gasteiger partial charge in [0.15, 0.2) is 0 Å². The van der Waals surface area contributed by atoms with Crippen LogP contribution in [0.3, 0.4) is 0 Å². The lowest BCUT2D eigenvalue weighted by Crippen LogP contribution is -2.14. The maximum atomic E-state index is 12.6. The first kappa shape index (κ1) is 23.6. The van der Waals surface area contributed by atoms with Crippen LogP contribution in [0.25, 0.3) is 10.9 Å². The van der Waals surface area contributed by atoms with Gasteiger partial charge in [0.1, 0.15) is 18.0 Å². The molecule has 0 saturated heterocycles. The molecule has 10 nitrogen and oxygen atoms in total. The van der Waals surface area contributed by atoms with Crippen molar-refractivity contribution in [1.29, 1.82) is 0 Å². The van der Waals surface area contributed by atoms with Crippen LogP contribution >= 0.6 is 0 Å². The van der Waals surface area contributed by atoms with Gasteiger partial charge in [0.25, 0.3) is 11.8 Å². The zero-order valence-corrected chi connectivity index (χ0v) is 19.1. The number of nitrogens with two attached hydrogens (primary N) is 1. The lowest BCUT2D eigenvalue weighted by atomic mass is 10.1. The van der Waals surface area contributed by atoms with Crippen LogP contribution in [0.5, 0.6) is 0 Å². The van der Waals surface area contributed by atoms with Crippen molar-refractivity contribution in [3.63, 3.8) is 0 Å². The molecule has 0 aliphatic heterocycles. The van der Waals surface area contributed by atoms with Gasteiger partial charge in [-0.1, -0.05) is 18.2 Å². The van der Waals surface area contributed by atoms with Gasteiger partial charge in [0.05, 0.1) is 23.3 Å². The summed E-state index contributed by atoms with van der Waals surface area (Å²) in [6.07, 6.45) is 2.91. The van der Waals surface area contributed by atoms with Crippen LogP contribution in [-0.4, -0.2) is 47.0 Å². The van der Waals surface area contributed by atoms with Crippen LogP contribution in [0.2, 0.25) is 0 Å². The van der Waals surface area contributed by atoms with Crippen molar-refractivity contribution in [2.45, 2.75) is 6.54 Å².